The lowest BCUT2D eigenvalue weighted by Crippen LogP contribution is -2.47. The zero-order valence-electron chi connectivity index (χ0n) is 16.6. The molecule has 158 valence electrons. The molecule has 8 heteroatoms. The number of aliphatic imine (C=N–C) groups is 1. The molecule has 4 rings (SSSR count). The van der Waals surface area contributed by atoms with E-state index in [0.717, 1.165) is 90.1 Å². The molecule has 0 amide bonds. The fourth-order valence-corrected chi connectivity index (χ4v) is 4.17. The minimum Gasteiger partial charge on any atom is -0.469 e. The summed E-state index contributed by atoms with van der Waals surface area (Å²) >= 11 is 0. The van der Waals surface area contributed by atoms with E-state index in [1.54, 1.807) is 6.26 Å². The highest BCUT2D eigenvalue weighted by Gasteiger charge is 2.30. The van der Waals surface area contributed by atoms with Gasteiger partial charge in [-0.25, -0.2) is 0 Å². The number of likely N-dealkylation sites (tertiary alicyclic amines) is 1. The maximum atomic E-state index is 5.76. The molecule has 4 heterocycles. The van der Waals surface area contributed by atoms with Crippen LogP contribution in [0.4, 0.5) is 0 Å². The molecule has 3 fully saturated rings. The monoisotopic (exact) mass is 504 g/mol. The van der Waals surface area contributed by atoms with Crippen molar-refractivity contribution in [3.05, 3.63) is 24.2 Å². The zero-order chi connectivity index (χ0) is 18.3. The summed E-state index contributed by atoms with van der Waals surface area (Å²) < 4.78 is 16.7. The van der Waals surface area contributed by atoms with Crippen LogP contribution in [0.3, 0.4) is 0 Å². The third kappa shape index (κ3) is 6.08. The van der Waals surface area contributed by atoms with Gasteiger partial charge in [-0.2, -0.15) is 0 Å². The standard InChI is InChI=1S/C20H32N4O3.HI/c1-3-18(26-11-1)5-7-21-20(22-15-19-4-2-12-27-19)24-8-6-17(16-24)23-9-13-25-14-10-23;/h1,3,11,17,19H,2,4-10,12-16H2,(H,21,22);1H. The second-order valence-corrected chi connectivity index (χ2v) is 7.59. The van der Waals surface area contributed by atoms with Crippen molar-refractivity contribution in [3.8, 4) is 0 Å². The molecular weight excluding hydrogens is 471 g/mol. The molecule has 1 N–H and O–H groups in total. The lowest BCUT2D eigenvalue weighted by molar-refractivity contribution is 0.0194. The smallest absolute Gasteiger partial charge is 0.194 e. The van der Waals surface area contributed by atoms with Crippen LogP contribution in [0.2, 0.25) is 0 Å². The molecule has 1 aromatic rings. The van der Waals surface area contributed by atoms with Gasteiger partial charge in [-0.15, -0.1) is 24.0 Å². The lowest BCUT2D eigenvalue weighted by Gasteiger charge is -2.32. The first-order chi connectivity index (χ1) is 13.4. The Kier molecular flexibility index (Phi) is 8.88. The van der Waals surface area contributed by atoms with E-state index in [2.05, 4.69) is 15.1 Å². The van der Waals surface area contributed by atoms with E-state index < -0.39 is 0 Å². The van der Waals surface area contributed by atoms with E-state index in [0.29, 0.717) is 6.04 Å². The Bertz CT molecular complexity index is 586. The second kappa shape index (κ2) is 11.4. The molecule has 0 radical (unpaired) electrons. The van der Waals surface area contributed by atoms with E-state index in [4.69, 9.17) is 18.9 Å². The maximum Gasteiger partial charge on any atom is 0.194 e. The summed E-state index contributed by atoms with van der Waals surface area (Å²) in [6, 6.07) is 4.57. The van der Waals surface area contributed by atoms with Gasteiger partial charge < -0.3 is 24.1 Å². The summed E-state index contributed by atoms with van der Waals surface area (Å²) in [7, 11) is 0. The van der Waals surface area contributed by atoms with Crippen LogP contribution in [0, 0.1) is 0 Å². The van der Waals surface area contributed by atoms with Gasteiger partial charge in [0, 0.05) is 51.8 Å². The van der Waals surface area contributed by atoms with E-state index in [1.807, 2.05) is 12.1 Å². The summed E-state index contributed by atoms with van der Waals surface area (Å²) in [5.74, 6) is 2.03. The van der Waals surface area contributed by atoms with Gasteiger partial charge in [0.25, 0.3) is 0 Å². The summed E-state index contributed by atoms with van der Waals surface area (Å²) in [5, 5.41) is 3.56. The fourth-order valence-electron chi connectivity index (χ4n) is 4.17. The van der Waals surface area contributed by atoms with Crippen LogP contribution in [0.5, 0.6) is 0 Å². The topological polar surface area (TPSA) is 62.5 Å². The molecule has 3 aliphatic rings. The van der Waals surface area contributed by atoms with Gasteiger partial charge in [0.1, 0.15) is 5.76 Å². The van der Waals surface area contributed by atoms with Gasteiger partial charge in [-0.1, -0.05) is 0 Å². The van der Waals surface area contributed by atoms with Gasteiger partial charge >= 0.3 is 0 Å². The molecule has 28 heavy (non-hydrogen) atoms. The zero-order valence-corrected chi connectivity index (χ0v) is 18.9. The number of ether oxygens (including phenoxy) is 2. The van der Waals surface area contributed by atoms with Crippen LogP contribution >= 0.6 is 24.0 Å². The fraction of sp³-hybridized carbons (Fsp3) is 0.750. The minimum atomic E-state index is 0. The Labute approximate surface area is 184 Å². The average molecular weight is 504 g/mol. The number of rotatable bonds is 6. The molecule has 7 nitrogen and oxygen atoms in total. The normalized spacial score (nSPS) is 26.4. The van der Waals surface area contributed by atoms with Crippen molar-refractivity contribution in [1.82, 2.24) is 15.1 Å². The molecule has 0 saturated carbocycles. The van der Waals surface area contributed by atoms with Crippen LogP contribution in [0.1, 0.15) is 25.0 Å². The summed E-state index contributed by atoms with van der Waals surface area (Å²) in [6.07, 6.45) is 6.36. The third-order valence-electron chi connectivity index (χ3n) is 5.73. The van der Waals surface area contributed by atoms with Gasteiger partial charge in [-0.3, -0.25) is 9.89 Å². The van der Waals surface area contributed by atoms with Crippen molar-refractivity contribution in [1.29, 1.82) is 0 Å². The molecule has 1 aromatic heterocycles. The Balaban J connectivity index is 0.00000225. The third-order valence-corrected chi connectivity index (χ3v) is 5.73. The predicted molar refractivity (Wildman–Crippen MR) is 119 cm³/mol. The van der Waals surface area contributed by atoms with Gasteiger partial charge in [0.05, 0.1) is 32.1 Å². The number of furan rings is 1. The van der Waals surface area contributed by atoms with Crippen LogP contribution in [0.15, 0.2) is 27.8 Å². The van der Waals surface area contributed by atoms with Crippen LogP contribution in [0.25, 0.3) is 0 Å². The Morgan fingerprint density at radius 2 is 2.07 bits per heavy atom. The molecule has 0 aromatic carbocycles. The largest absolute Gasteiger partial charge is 0.469 e. The Morgan fingerprint density at radius 3 is 2.82 bits per heavy atom. The maximum absolute atomic E-state index is 5.76. The quantitative estimate of drug-likeness (QED) is 0.363. The van der Waals surface area contributed by atoms with E-state index >= 15 is 0 Å². The Hall–Kier alpha value is -0.840. The Morgan fingerprint density at radius 1 is 1.18 bits per heavy atom. The first kappa shape index (κ1) is 21.9. The van der Waals surface area contributed by atoms with Crippen molar-refractivity contribution in [3.63, 3.8) is 0 Å². The van der Waals surface area contributed by atoms with Gasteiger partial charge in [0.15, 0.2) is 5.96 Å². The molecular formula is C20H33IN4O3. The molecule has 3 saturated heterocycles. The van der Waals surface area contributed by atoms with Gasteiger partial charge in [-0.05, 0) is 31.4 Å². The van der Waals surface area contributed by atoms with Crippen LogP contribution in [-0.2, 0) is 15.9 Å². The van der Waals surface area contributed by atoms with Crippen molar-refractivity contribution in [2.75, 3.05) is 59.1 Å². The number of nitrogens with one attached hydrogen (secondary N) is 1. The summed E-state index contributed by atoms with van der Waals surface area (Å²) in [5.41, 5.74) is 0. The molecule has 0 spiro atoms. The molecule has 3 aliphatic heterocycles. The number of guanidine groups is 1. The van der Waals surface area contributed by atoms with Crippen molar-refractivity contribution in [2.45, 2.75) is 37.8 Å². The van der Waals surface area contributed by atoms with Crippen molar-refractivity contribution < 1.29 is 13.9 Å². The number of hydrogen-bond acceptors (Lipinski definition) is 5. The van der Waals surface area contributed by atoms with Crippen molar-refractivity contribution in [2.24, 2.45) is 4.99 Å². The predicted octanol–water partition coefficient (Wildman–Crippen LogP) is 1.97. The van der Waals surface area contributed by atoms with Crippen molar-refractivity contribution >= 4 is 29.9 Å². The van der Waals surface area contributed by atoms with E-state index in [1.165, 1.54) is 6.42 Å². The number of nitrogens with zero attached hydrogens (tertiary/aromatic N) is 3. The lowest BCUT2D eigenvalue weighted by atomic mass is 10.2. The highest BCUT2D eigenvalue weighted by Crippen LogP contribution is 2.18. The van der Waals surface area contributed by atoms with E-state index in [-0.39, 0.29) is 30.1 Å². The number of morpholine rings is 1. The molecule has 0 bridgehead atoms. The van der Waals surface area contributed by atoms with Gasteiger partial charge in [0.2, 0.25) is 0 Å². The van der Waals surface area contributed by atoms with Crippen LogP contribution < -0.4 is 5.32 Å². The average Bonchev–Trinajstić information content (AvgIpc) is 3.48. The summed E-state index contributed by atoms with van der Waals surface area (Å²) in [6.45, 7) is 8.37. The highest BCUT2D eigenvalue weighted by atomic mass is 127. The first-order valence-corrected chi connectivity index (χ1v) is 10.4. The number of halogens is 1. The molecule has 2 atom stereocenters. The molecule has 2 unspecified atom stereocenters. The molecule has 0 aliphatic carbocycles. The SMILES string of the molecule is I.c1coc(CCNC(=NCC2CCCO2)N2CCC(N3CCOCC3)C2)c1. The minimum absolute atomic E-state index is 0. The van der Waals surface area contributed by atoms with E-state index in [9.17, 15) is 0 Å². The number of hydrogen-bond donors (Lipinski definition) is 1. The first-order valence-electron chi connectivity index (χ1n) is 10.4. The summed E-state index contributed by atoms with van der Waals surface area (Å²) in [4.78, 5) is 9.91. The second-order valence-electron chi connectivity index (χ2n) is 7.59. The highest BCUT2D eigenvalue weighted by molar-refractivity contribution is 14.0. The van der Waals surface area contributed by atoms with Crippen LogP contribution in [-0.4, -0.2) is 87.0 Å².